The lowest BCUT2D eigenvalue weighted by atomic mass is 9.87. The third-order valence-corrected chi connectivity index (χ3v) is 3.33. The second-order valence-corrected chi connectivity index (χ2v) is 4.68. The smallest absolute Gasteiger partial charge is 0.160 e. The van der Waals surface area contributed by atoms with Crippen LogP contribution in [-0.4, -0.2) is 17.8 Å². The van der Waals surface area contributed by atoms with Crippen molar-refractivity contribution in [1.82, 2.24) is 0 Å². The Morgan fingerprint density at radius 3 is 2.47 bits per heavy atom. The fourth-order valence-corrected chi connectivity index (χ4v) is 2.22. The van der Waals surface area contributed by atoms with E-state index < -0.39 is 11.6 Å². The number of nitrogens with one attached hydrogen (secondary N) is 1. The summed E-state index contributed by atoms with van der Waals surface area (Å²) in [5.74, 6) is -1.14. The van der Waals surface area contributed by atoms with Crippen LogP contribution in [0.3, 0.4) is 0 Å². The van der Waals surface area contributed by atoms with E-state index in [4.69, 9.17) is 0 Å². The minimum Gasteiger partial charge on any atom is -0.393 e. The highest BCUT2D eigenvalue weighted by molar-refractivity contribution is 5.43. The van der Waals surface area contributed by atoms with Crippen LogP contribution in [0.25, 0.3) is 0 Å². The van der Waals surface area contributed by atoms with Gasteiger partial charge >= 0.3 is 0 Å². The average Bonchev–Trinajstić information content (AvgIpc) is 2.33. The molecule has 94 valence electrons. The van der Waals surface area contributed by atoms with E-state index in [-0.39, 0.29) is 6.10 Å². The number of hydrogen-bond donors (Lipinski definition) is 2. The Morgan fingerprint density at radius 2 is 1.82 bits per heavy atom. The van der Waals surface area contributed by atoms with Crippen molar-refractivity contribution in [3.8, 4) is 0 Å². The molecule has 4 heteroatoms. The van der Waals surface area contributed by atoms with Crippen molar-refractivity contribution in [2.24, 2.45) is 5.92 Å². The summed E-state index contributed by atoms with van der Waals surface area (Å²) in [5, 5.41) is 12.5. The molecule has 1 saturated carbocycles. The molecule has 0 amide bonds. The van der Waals surface area contributed by atoms with Gasteiger partial charge in [-0.25, -0.2) is 8.78 Å². The van der Waals surface area contributed by atoms with Crippen LogP contribution in [0.4, 0.5) is 14.5 Å². The number of anilines is 1. The first-order valence-corrected chi connectivity index (χ1v) is 6.02. The minimum atomic E-state index is -0.825. The molecule has 0 atom stereocenters. The Morgan fingerprint density at radius 1 is 1.12 bits per heavy atom. The molecule has 0 aliphatic heterocycles. The van der Waals surface area contributed by atoms with Gasteiger partial charge in [0.15, 0.2) is 11.6 Å². The topological polar surface area (TPSA) is 32.3 Å². The molecule has 0 heterocycles. The molecule has 1 aliphatic carbocycles. The van der Waals surface area contributed by atoms with Gasteiger partial charge in [-0.2, -0.15) is 0 Å². The number of hydrogen-bond acceptors (Lipinski definition) is 2. The van der Waals surface area contributed by atoms with E-state index in [0.29, 0.717) is 11.6 Å². The molecule has 2 nitrogen and oxygen atoms in total. The molecular formula is C13H17F2NO. The Balaban J connectivity index is 1.83. The molecule has 1 fully saturated rings. The molecule has 1 aromatic carbocycles. The van der Waals surface area contributed by atoms with E-state index in [0.717, 1.165) is 38.3 Å². The summed E-state index contributed by atoms with van der Waals surface area (Å²) in [6.07, 6.45) is 3.48. The minimum absolute atomic E-state index is 0.158. The van der Waals surface area contributed by atoms with Crippen molar-refractivity contribution in [2.45, 2.75) is 31.8 Å². The number of benzene rings is 1. The van der Waals surface area contributed by atoms with Crippen molar-refractivity contribution in [2.75, 3.05) is 11.9 Å². The van der Waals surface area contributed by atoms with Gasteiger partial charge in [-0.05, 0) is 49.8 Å². The maximum Gasteiger partial charge on any atom is 0.160 e. The second kappa shape index (κ2) is 5.45. The molecule has 0 bridgehead atoms. The number of aliphatic hydroxyl groups excluding tert-OH is 1. The van der Waals surface area contributed by atoms with E-state index in [9.17, 15) is 13.9 Å². The Bertz CT molecular complexity index is 376. The van der Waals surface area contributed by atoms with Gasteiger partial charge in [0.25, 0.3) is 0 Å². The highest BCUT2D eigenvalue weighted by atomic mass is 19.2. The Labute approximate surface area is 99.7 Å². The first-order chi connectivity index (χ1) is 8.15. The van der Waals surface area contributed by atoms with Crippen molar-refractivity contribution in [3.63, 3.8) is 0 Å². The van der Waals surface area contributed by atoms with Crippen LogP contribution < -0.4 is 5.32 Å². The summed E-state index contributed by atoms with van der Waals surface area (Å²) in [5.41, 5.74) is 0.607. The molecule has 2 N–H and O–H groups in total. The van der Waals surface area contributed by atoms with Crippen LogP contribution in [-0.2, 0) is 0 Å². The Hall–Kier alpha value is -1.16. The second-order valence-electron chi connectivity index (χ2n) is 4.68. The predicted molar refractivity (Wildman–Crippen MR) is 62.8 cm³/mol. The van der Waals surface area contributed by atoms with E-state index in [2.05, 4.69) is 5.32 Å². The van der Waals surface area contributed by atoms with Gasteiger partial charge in [-0.1, -0.05) is 0 Å². The Kier molecular flexibility index (Phi) is 3.94. The summed E-state index contributed by atoms with van der Waals surface area (Å²) < 4.78 is 25.7. The van der Waals surface area contributed by atoms with Crippen LogP contribution in [0, 0.1) is 17.6 Å². The summed E-state index contributed by atoms with van der Waals surface area (Å²) in [4.78, 5) is 0. The lowest BCUT2D eigenvalue weighted by Crippen LogP contribution is -2.23. The highest BCUT2D eigenvalue weighted by Crippen LogP contribution is 2.24. The summed E-state index contributed by atoms with van der Waals surface area (Å²) in [6.45, 7) is 0.748. The number of halogens is 2. The summed E-state index contributed by atoms with van der Waals surface area (Å²) in [7, 11) is 0. The predicted octanol–water partition coefficient (Wildman–Crippen LogP) is 2.93. The van der Waals surface area contributed by atoms with Gasteiger partial charge in [0.1, 0.15) is 0 Å². The van der Waals surface area contributed by atoms with Crippen molar-refractivity contribution >= 4 is 5.69 Å². The first-order valence-electron chi connectivity index (χ1n) is 6.02. The van der Waals surface area contributed by atoms with E-state index in [1.165, 1.54) is 12.1 Å². The number of rotatable bonds is 3. The molecule has 0 saturated heterocycles. The molecule has 0 spiro atoms. The van der Waals surface area contributed by atoms with E-state index >= 15 is 0 Å². The fourth-order valence-electron chi connectivity index (χ4n) is 2.22. The first kappa shape index (κ1) is 12.3. The van der Waals surface area contributed by atoms with Crippen LogP contribution in [0.1, 0.15) is 25.7 Å². The normalized spacial score (nSPS) is 24.6. The average molecular weight is 241 g/mol. The van der Waals surface area contributed by atoms with Gasteiger partial charge < -0.3 is 10.4 Å². The van der Waals surface area contributed by atoms with Crippen LogP contribution in [0.2, 0.25) is 0 Å². The van der Waals surface area contributed by atoms with Gasteiger partial charge in [0.2, 0.25) is 0 Å². The lowest BCUT2D eigenvalue weighted by Gasteiger charge is -2.25. The van der Waals surface area contributed by atoms with Gasteiger partial charge in [0, 0.05) is 12.2 Å². The molecule has 17 heavy (non-hydrogen) atoms. The maximum atomic E-state index is 12.9. The zero-order valence-electron chi connectivity index (χ0n) is 9.63. The quantitative estimate of drug-likeness (QED) is 0.852. The maximum absolute atomic E-state index is 12.9. The van der Waals surface area contributed by atoms with E-state index in [1.54, 1.807) is 0 Å². The summed E-state index contributed by atoms with van der Waals surface area (Å²) >= 11 is 0. The zero-order valence-corrected chi connectivity index (χ0v) is 9.63. The SMILES string of the molecule is OC1CCC(CNc2ccc(F)c(F)c2)CC1. The van der Waals surface area contributed by atoms with Crippen LogP contribution in [0.5, 0.6) is 0 Å². The molecular weight excluding hydrogens is 224 g/mol. The van der Waals surface area contributed by atoms with E-state index in [1.807, 2.05) is 0 Å². The van der Waals surface area contributed by atoms with Crippen molar-refractivity contribution < 1.29 is 13.9 Å². The summed E-state index contributed by atoms with van der Waals surface area (Å²) in [6, 6.07) is 3.84. The number of aliphatic hydroxyl groups is 1. The van der Waals surface area contributed by atoms with Crippen molar-refractivity contribution in [3.05, 3.63) is 29.8 Å². The van der Waals surface area contributed by atoms with Gasteiger partial charge in [-0.15, -0.1) is 0 Å². The van der Waals surface area contributed by atoms with Gasteiger partial charge in [0.05, 0.1) is 6.10 Å². The van der Waals surface area contributed by atoms with Gasteiger partial charge in [-0.3, -0.25) is 0 Å². The zero-order chi connectivity index (χ0) is 12.3. The van der Waals surface area contributed by atoms with Crippen molar-refractivity contribution in [1.29, 1.82) is 0 Å². The fraction of sp³-hybridized carbons (Fsp3) is 0.538. The molecule has 2 rings (SSSR count). The largest absolute Gasteiger partial charge is 0.393 e. The molecule has 0 unspecified atom stereocenters. The molecule has 1 aromatic rings. The highest BCUT2D eigenvalue weighted by Gasteiger charge is 2.18. The van der Waals surface area contributed by atoms with Crippen LogP contribution >= 0.6 is 0 Å². The van der Waals surface area contributed by atoms with Crippen LogP contribution in [0.15, 0.2) is 18.2 Å². The molecule has 1 aliphatic rings. The standard InChI is InChI=1S/C13H17F2NO/c14-12-6-3-10(7-13(12)15)16-8-9-1-4-11(17)5-2-9/h3,6-7,9,11,16-17H,1-2,4-5,8H2. The monoisotopic (exact) mass is 241 g/mol. The molecule has 0 radical (unpaired) electrons. The lowest BCUT2D eigenvalue weighted by molar-refractivity contribution is 0.111. The molecule has 0 aromatic heterocycles. The third-order valence-electron chi connectivity index (χ3n) is 3.33. The third kappa shape index (κ3) is 3.40.